The molecular formula is C11H12N2O3S2. The molecule has 0 atom stereocenters. The normalized spacial score (nSPS) is 11.8. The number of hydrogen-bond donors (Lipinski definition) is 1. The molecular weight excluding hydrogens is 272 g/mol. The van der Waals surface area contributed by atoms with Crippen LogP contribution in [0, 0.1) is 0 Å². The largest absolute Gasteiger partial charge is 0.307 e. The van der Waals surface area contributed by atoms with Crippen molar-refractivity contribution >= 4 is 31.6 Å². The molecule has 0 radical (unpaired) electrons. The minimum Gasteiger partial charge on any atom is -0.302 e. The molecule has 1 heterocycles. The molecule has 0 aliphatic rings. The molecule has 7 heteroatoms. The molecule has 0 aliphatic heterocycles. The third kappa shape index (κ3) is 2.24. The van der Waals surface area contributed by atoms with Crippen LogP contribution in [0.5, 0.6) is 0 Å². The van der Waals surface area contributed by atoms with E-state index in [2.05, 4.69) is 11.3 Å². The van der Waals surface area contributed by atoms with Gasteiger partial charge in [-0.1, -0.05) is 17.4 Å². The van der Waals surface area contributed by atoms with E-state index >= 15 is 0 Å². The second-order valence-corrected chi connectivity index (χ2v) is 6.46. The van der Waals surface area contributed by atoms with Crippen LogP contribution in [0.1, 0.15) is 0 Å². The molecule has 0 amide bonds. The van der Waals surface area contributed by atoms with E-state index in [9.17, 15) is 13.2 Å². The molecule has 0 saturated heterocycles. The maximum atomic E-state index is 11.9. The summed E-state index contributed by atoms with van der Waals surface area (Å²) in [5.74, 6) is 0. The molecule has 0 bridgehead atoms. The van der Waals surface area contributed by atoms with Crippen molar-refractivity contribution in [1.82, 2.24) is 9.29 Å². The monoisotopic (exact) mass is 284 g/mol. The lowest BCUT2D eigenvalue weighted by Crippen LogP contribution is -2.23. The van der Waals surface area contributed by atoms with E-state index < -0.39 is 10.0 Å². The predicted molar refractivity (Wildman–Crippen MR) is 72.5 cm³/mol. The molecule has 1 aromatic carbocycles. The number of nitrogens with zero attached hydrogens (tertiary/aromatic N) is 1. The molecule has 2 rings (SSSR count). The van der Waals surface area contributed by atoms with Crippen molar-refractivity contribution in [2.45, 2.75) is 4.90 Å². The molecule has 0 unspecified atom stereocenters. The van der Waals surface area contributed by atoms with E-state index in [1.54, 1.807) is 13.1 Å². The molecule has 0 spiro atoms. The van der Waals surface area contributed by atoms with E-state index in [4.69, 9.17) is 0 Å². The molecule has 5 nitrogen and oxygen atoms in total. The van der Waals surface area contributed by atoms with Crippen LogP contribution in [-0.4, -0.2) is 19.5 Å². The summed E-state index contributed by atoms with van der Waals surface area (Å²) in [6.45, 7) is 3.62. The van der Waals surface area contributed by atoms with Crippen LogP contribution >= 0.6 is 11.3 Å². The van der Waals surface area contributed by atoms with Gasteiger partial charge in [0.1, 0.15) is 0 Å². The Morgan fingerprint density at radius 2 is 2.22 bits per heavy atom. The number of nitrogens with one attached hydrogen (secondary N) is 1. The highest BCUT2D eigenvalue weighted by Gasteiger charge is 2.14. The fourth-order valence-corrected chi connectivity index (χ4v) is 3.55. The van der Waals surface area contributed by atoms with Crippen molar-refractivity contribution in [3.05, 3.63) is 40.5 Å². The Morgan fingerprint density at radius 3 is 2.89 bits per heavy atom. The van der Waals surface area contributed by atoms with E-state index in [1.165, 1.54) is 22.8 Å². The summed E-state index contributed by atoms with van der Waals surface area (Å²) in [5, 5.41) is 0. The number of hydrogen-bond acceptors (Lipinski definition) is 4. The smallest absolute Gasteiger partial charge is 0.302 e. The number of rotatable bonds is 4. The fourth-order valence-electron chi connectivity index (χ4n) is 1.53. The molecule has 0 aliphatic carbocycles. The van der Waals surface area contributed by atoms with Crippen molar-refractivity contribution in [1.29, 1.82) is 0 Å². The lowest BCUT2D eigenvalue weighted by Gasteiger charge is -2.04. The van der Waals surface area contributed by atoms with Gasteiger partial charge in [-0.3, -0.25) is 4.79 Å². The van der Waals surface area contributed by atoms with Gasteiger partial charge in [0, 0.05) is 13.6 Å². The van der Waals surface area contributed by atoms with E-state index in [1.807, 2.05) is 0 Å². The average Bonchev–Trinajstić information content (AvgIpc) is 2.62. The summed E-state index contributed by atoms with van der Waals surface area (Å²) in [4.78, 5) is 11.5. The van der Waals surface area contributed by atoms with Gasteiger partial charge in [0.15, 0.2) is 0 Å². The first-order chi connectivity index (χ1) is 8.45. The number of sulfonamides is 1. The first-order valence-electron chi connectivity index (χ1n) is 5.16. The van der Waals surface area contributed by atoms with Gasteiger partial charge in [-0.25, -0.2) is 13.1 Å². The van der Waals surface area contributed by atoms with Gasteiger partial charge in [0.05, 0.1) is 15.1 Å². The highest BCUT2D eigenvalue weighted by Crippen LogP contribution is 2.20. The number of thiazole rings is 1. The molecule has 0 fully saturated rings. The lowest BCUT2D eigenvalue weighted by atomic mass is 10.3. The molecule has 1 N–H and O–H groups in total. The van der Waals surface area contributed by atoms with Crippen LogP contribution in [0.2, 0.25) is 0 Å². The van der Waals surface area contributed by atoms with Crippen LogP contribution in [0.25, 0.3) is 10.2 Å². The number of fused-ring (bicyclic) bond motifs is 1. The van der Waals surface area contributed by atoms with Gasteiger partial charge in [-0.05, 0) is 18.2 Å². The van der Waals surface area contributed by atoms with Crippen molar-refractivity contribution in [2.75, 3.05) is 6.54 Å². The maximum Gasteiger partial charge on any atom is 0.307 e. The Kier molecular flexibility index (Phi) is 3.38. The summed E-state index contributed by atoms with van der Waals surface area (Å²) in [6, 6.07) is 4.63. The van der Waals surface area contributed by atoms with Crippen LogP contribution in [0.15, 0.2) is 40.5 Å². The lowest BCUT2D eigenvalue weighted by molar-refractivity contribution is 0.586. The molecule has 18 heavy (non-hydrogen) atoms. The van der Waals surface area contributed by atoms with Crippen LogP contribution in [0.3, 0.4) is 0 Å². The topological polar surface area (TPSA) is 68.2 Å². The summed E-state index contributed by atoms with van der Waals surface area (Å²) in [5.41, 5.74) is 0.729. The molecule has 1 aromatic heterocycles. The molecule has 2 aromatic rings. The quantitative estimate of drug-likeness (QED) is 0.854. The second kappa shape index (κ2) is 4.68. The van der Waals surface area contributed by atoms with Crippen molar-refractivity contribution in [2.24, 2.45) is 7.05 Å². The van der Waals surface area contributed by atoms with Crippen LogP contribution < -0.4 is 9.60 Å². The van der Waals surface area contributed by atoms with Gasteiger partial charge in [-0.15, -0.1) is 6.58 Å². The predicted octanol–water partition coefficient (Wildman–Crippen LogP) is 1.06. The Morgan fingerprint density at radius 1 is 1.50 bits per heavy atom. The number of benzene rings is 1. The Bertz CT molecular complexity index is 756. The molecule has 0 saturated carbocycles. The third-order valence-corrected chi connectivity index (χ3v) is 4.91. The van der Waals surface area contributed by atoms with Crippen molar-refractivity contribution in [3.8, 4) is 0 Å². The SMILES string of the molecule is C=CCNS(=O)(=O)c1ccc2c(c1)sc(=O)n2C. The van der Waals surface area contributed by atoms with Gasteiger partial charge in [-0.2, -0.15) is 0 Å². The fraction of sp³-hybridized carbons (Fsp3) is 0.182. The van der Waals surface area contributed by atoms with Crippen molar-refractivity contribution < 1.29 is 8.42 Å². The second-order valence-electron chi connectivity index (χ2n) is 3.70. The summed E-state index contributed by atoms with van der Waals surface area (Å²) >= 11 is 1.03. The van der Waals surface area contributed by atoms with E-state index in [0.717, 1.165) is 16.9 Å². The zero-order valence-electron chi connectivity index (χ0n) is 9.71. The maximum absolute atomic E-state index is 11.9. The summed E-state index contributed by atoms with van der Waals surface area (Å²) in [7, 11) is -1.89. The van der Waals surface area contributed by atoms with Crippen LogP contribution in [0.4, 0.5) is 0 Å². The standard InChI is InChI=1S/C11H12N2O3S2/c1-3-6-12-18(15,16)8-4-5-9-10(7-8)17-11(14)13(9)2/h3-5,7,12H,1,6H2,2H3. The first kappa shape index (κ1) is 13.0. The van der Waals surface area contributed by atoms with E-state index in [0.29, 0.717) is 4.70 Å². The van der Waals surface area contributed by atoms with Gasteiger partial charge in [0.25, 0.3) is 0 Å². The number of aryl methyl sites for hydroxylation is 1. The first-order valence-corrected chi connectivity index (χ1v) is 7.46. The summed E-state index contributed by atoms with van der Waals surface area (Å²) in [6.07, 6.45) is 1.47. The van der Waals surface area contributed by atoms with Gasteiger partial charge < -0.3 is 4.57 Å². The zero-order chi connectivity index (χ0) is 13.3. The highest BCUT2D eigenvalue weighted by atomic mass is 32.2. The minimum atomic E-state index is -3.54. The average molecular weight is 284 g/mol. The van der Waals surface area contributed by atoms with E-state index in [-0.39, 0.29) is 16.3 Å². The Labute approximate surface area is 108 Å². The van der Waals surface area contributed by atoms with Crippen LogP contribution in [-0.2, 0) is 17.1 Å². The highest BCUT2D eigenvalue weighted by molar-refractivity contribution is 7.89. The summed E-state index contributed by atoms with van der Waals surface area (Å²) < 4.78 is 28.3. The zero-order valence-corrected chi connectivity index (χ0v) is 11.3. The van der Waals surface area contributed by atoms with Crippen molar-refractivity contribution in [3.63, 3.8) is 0 Å². The number of aromatic nitrogens is 1. The molecule has 96 valence electrons. The Balaban J connectivity index is 2.54. The Hall–Kier alpha value is -1.44. The minimum absolute atomic E-state index is 0.112. The van der Waals surface area contributed by atoms with Gasteiger partial charge in [0.2, 0.25) is 10.0 Å². The van der Waals surface area contributed by atoms with Gasteiger partial charge >= 0.3 is 4.87 Å². The third-order valence-electron chi connectivity index (χ3n) is 2.49.